The first-order chi connectivity index (χ1) is 14.3. The molecule has 160 valence electrons. The highest BCUT2D eigenvalue weighted by molar-refractivity contribution is 8.00. The number of aryl methyl sites for hydroxylation is 2. The summed E-state index contributed by atoms with van der Waals surface area (Å²) >= 11 is 2.87. The summed E-state index contributed by atoms with van der Waals surface area (Å²) in [5.74, 6) is 0.274. The van der Waals surface area contributed by atoms with Gasteiger partial charge in [-0.1, -0.05) is 43.8 Å². The molecule has 0 radical (unpaired) electrons. The molecule has 1 N–H and O–H groups in total. The van der Waals surface area contributed by atoms with Crippen molar-refractivity contribution < 1.29 is 4.79 Å². The SMILES string of the molecule is CC[C@H](C)c1ccccc1NC(=O)[C@@H](C)Sc1nc2sc(C)c(C)c2c(=O)n1CC. The summed E-state index contributed by atoms with van der Waals surface area (Å²) in [4.78, 5) is 32.6. The number of anilines is 1. The number of thioether (sulfide) groups is 1. The molecule has 3 rings (SSSR count). The van der Waals surface area contributed by atoms with E-state index in [0.29, 0.717) is 23.0 Å². The molecule has 0 aliphatic rings. The molecule has 1 amide bonds. The molecule has 5 nitrogen and oxygen atoms in total. The van der Waals surface area contributed by atoms with Crippen LogP contribution in [0, 0.1) is 13.8 Å². The Balaban J connectivity index is 1.88. The van der Waals surface area contributed by atoms with Crippen molar-refractivity contribution in [3.8, 4) is 0 Å². The van der Waals surface area contributed by atoms with Crippen molar-refractivity contribution in [1.29, 1.82) is 0 Å². The maximum atomic E-state index is 13.0. The van der Waals surface area contributed by atoms with E-state index in [0.717, 1.165) is 32.9 Å². The zero-order chi connectivity index (χ0) is 22.0. The first-order valence-corrected chi connectivity index (χ1v) is 12.0. The molecule has 0 unspecified atom stereocenters. The third kappa shape index (κ3) is 4.32. The number of carbonyl (C=O) groups excluding carboxylic acids is 1. The normalized spacial score (nSPS) is 13.4. The first kappa shape index (κ1) is 22.6. The monoisotopic (exact) mass is 443 g/mol. The van der Waals surface area contributed by atoms with Crippen LogP contribution in [0.2, 0.25) is 0 Å². The number of amides is 1. The molecule has 1 aromatic carbocycles. The third-order valence-corrected chi connectivity index (χ3v) is 7.77. The predicted octanol–water partition coefficient (Wildman–Crippen LogP) is 5.73. The van der Waals surface area contributed by atoms with Crippen molar-refractivity contribution in [2.75, 3.05) is 5.32 Å². The lowest BCUT2D eigenvalue weighted by Crippen LogP contribution is -2.27. The molecule has 0 bridgehead atoms. The lowest BCUT2D eigenvalue weighted by Gasteiger charge is -2.18. The maximum absolute atomic E-state index is 13.0. The summed E-state index contributed by atoms with van der Waals surface area (Å²) in [6.45, 7) is 12.6. The topological polar surface area (TPSA) is 64.0 Å². The highest BCUT2D eigenvalue weighted by atomic mass is 32.2. The summed E-state index contributed by atoms with van der Waals surface area (Å²) in [7, 11) is 0. The van der Waals surface area contributed by atoms with Gasteiger partial charge in [0.25, 0.3) is 5.56 Å². The maximum Gasteiger partial charge on any atom is 0.263 e. The van der Waals surface area contributed by atoms with E-state index in [1.165, 1.54) is 23.1 Å². The fourth-order valence-electron chi connectivity index (χ4n) is 3.38. The van der Waals surface area contributed by atoms with Gasteiger partial charge >= 0.3 is 0 Å². The van der Waals surface area contributed by atoms with Crippen LogP contribution in [0.1, 0.15) is 56.0 Å². The van der Waals surface area contributed by atoms with Crippen molar-refractivity contribution in [3.63, 3.8) is 0 Å². The minimum atomic E-state index is -0.390. The number of thiophene rings is 1. The predicted molar refractivity (Wildman–Crippen MR) is 128 cm³/mol. The van der Waals surface area contributed by atoms with Gasteiger partial charge < -0.3 is 5.32 Å². The number of rotatable bonds is 7. The van der Waals surface area contributed by atoms with Crippen molar-refractivity contribution in [2.24, 2.45) is 0 Å². The minimum Gasteiger partial charge on any atom is -0.325 e. The highest BCUT2D eigenvalue weighted by Crippen LogP contribution is 2.31. The summed E-state index contributed by atoms with van der Waals surface area (Å²) in [6.07, 6.45) is 1.00. The molecule has 0 fully saturated rings. The van der Waals surface area contributed by atoms with Gasteiger partial charge in [-0.15, -0.1) is 11.3 Å². The van der Waals surface area contributed by atoms with Gasteiger partial charge in [0.2, 0.25) is 5.91 Å². The molecule has 0 aliphatic carbocycles. The lowest BCUT2D eigenvalue weighted by atomic mass is 9.97. The largest absolute Gasteiger partial charge is 0.325 e. The molecule has 2 heterocycles. The van der Waals surface area contributed by atoms with E-state index in [9.17, 15) is 9.59 Å². The van der Waals surface area contributed by atoms with Gasteiger partial charge in [0.1, 0.15) is 4.83 Å². The molecule has 7 heteroatoms. The van der Waals surface area contributed by atoms with Crippen LogP contribution in [0.15, 0.2) is 34.2 Å². The summed E-state index contributed by atoms with van der Waals surface area (Å²) in [5.41, 5.74) is 2.96. The lowest BCUT2D eigenvalue weighted by molar-refractivity contribution is -0.115. The van der Waals surface area contributed by atoms with Gasteiger partial charge in [-0.2, -0.15) is 0 Å². The Morgan fingerprint density at radius 2 is 1.93 bits per heavy atom. The average Bonchev–Trinajstić information content (AvgIpc) is 3.01. The Labute approximate surface area is 185 Å². The number of hydrogen-bond donors (Lipinski definition) is 1. The van der Waals surface area contributed by atoms with E-state index in [1.807, 2.05) is 45.9 Å². The number of nitrogens with one attached hydrogen (secondary N) is 1. The summed E-state index contributed by atoms with van der Waals surface area (Å²) in [5, 5.41) is 3.98. The molecule has 0 aliphatic heterocycles. The smallest absolute Gasteiger partial charge is 0.263 e. The van der Waals surface area contributed by atoms with Crippen LogP contribution in [0.4, 0.5) is 5.69 Å². The van der Waals surface area contributed by atoms with Crippen LogP contribution in [-0.2, 0) is 11.3 Å². The summed E-state index contributed by atoms with van der Waals surface area (Å²) in [6, 6.07) is 7.94. The molecule has 2 aromatic heterocycles. The molecular weight excluding hydrogens is 414 g/mol. The number of carbonyl (C=O) groups is 1. The minimum absolute atomic E-state index is 0.0263. The zero-order valence-electron chi connectivity index (χ0n) is 18.4. The zero-order valence-corrected chi connectivity index (χ0v) is 20.0. The van der Waals surface area contributed by atoms with Crippen LogP contribution < -0.4 is 10.9 Å². The Bertz CT molecular complexity index is 1130. The van der Waals surface area contributed by atoms with Gasteiger partial charge in [0, 0.05) is 17.1 Å². The average molecular weight is 444 g/mol. The summed E-state index contributed by atoms with van der Waals surface area (Å²) < 4.78 is 1.67. The number of benzene rings is 1. The quantitative estimate of drug-likeness (QED) is 0.374. The van der Waals surface area contributed by atoms with E-state index in [1.54, 1.807) is 4.57 Å². The van der Waals surface area contributed by atoms with Crippen LogP contribution >= 0.6 is 23.1 Å². The van der Waals surface area contributed by atoms with Crippen molar-refractivity contribution in [2.45, 2.75) is 70.8 Å². The molecule has 2 atom stereocenters. The van der Waals surface area contributed by atoms with Gasteiger partial charge in [-0.3, -0.25) is 14.2 Å². The van der Waals surface area contributed by atoms with Crippen LogP contribution in [-0.4, -0.2) is 20.7 Å². The standard InChI is InChI=1S/C23H29N3O2S2/c1-7-13(3)17-11-9-10-12-18(17)24-20(27)16(6)30-23-25-21-19(14(4)15(5)29-21)22(28)26(23)8-2/h9-13,16H,7-8H2,1-6H3,(H,24,27)/t13-,16+/m0/s1. The van der Waals surface area contributed by atoms with Crippen LogP contribution in [0.5, 0.6) is 0 Å². The Morgan fingerprint density at radius 3 is 2.60 bits per heavy atom. The Morgan fingerprint density at radius 1 is 1.23 bits per heavy atom. The van der Waals surface area contributed by atoms with E-state index < -0.39 is 0 Å². The van der Waals surface area contributed by atoms with Crippen LogP contribution in [0.25, 0.3) is 10.2 Å². The van der Waals surface area contributed by atoms with E-state index in [-0.39, 0.29) is 16.7 Å². The van der Waals surface area contributed by atoms with Crippen LogP contribution in [0.3, 0.4) is 0 Å². The van der Waals surface area contributed by atoms with Gasteiger partial charge in [0.15, 0.2) is 5.16 Å². The van der Waals surface area contributed by atoms with E-state index >= 15 is 0 Å². The number of para-hydroxylation sites is 1. The molecule has 30 heavy (non-hydrogen) atoms. The number of aromatic nitrogens is 2. The fourth-order valence-corrected chi connectivity index (χ4v) is 5.43. The van der Waals surface area contributed by atoms with E-state index in [2.05, 4.69) is 25.2 Å². The number of hydrogen-bond acceptors (Lipinski definition) is 5. The molecule has 0 saturated heterocycles. The van der Waals surface area contributed by atoms with Gasteiger partial charge in [0.05, 0.1) is 10.6 Å². The number of fused-ring (bicyclic) bond motifs is 1. The second kappa shape index (κ2) is 9.35. The second-order valence-corrected chi connectivity index (χ2v) is 10.1. The molecular formula is C23H29N3O2S2. The van der Waals surface area contributed by atoms with Gasteiger partial charge in [-0.05, 0) is 57.2 Å². The first-order valence-electron chi connectivity index (χ1n) is 10.3. The highest BCUT2D eigenvalue weighted by Gasteiger charge is 2.22. The fraction of sp³-hybridized carbons (Fsp3) is 0.435. The second-order valence-electron chi connectivity index (χ2n) is 7.55. The van der Waals surface area contributed by atoms with Crippen molar-refractivity contribution in [3.05, 3.63) is 50.6 Å². The van der Waals surface area contributed by atoms with Crippen molar-refractivity contribution in [1.82, 2.24) is 9.55 Å². The van der Waals surface area contributed by atoms with Crippen molar-refractivity contribution >= 4 is 44.9 Å². The molecule has 0 saturated carbocycles. The Hall–Kier alpha value is -2.12. The van der Waals surface area contributed by atoms with Gasteiger partial charge in [-0.25, -0.2) is 4.98 Å². The van der Waals surface area contributed by atoms with E-state index in [4.69, 9.17) is 4.98 Å². The molecule has 3 aromatic rings. The Kier molecular flexibility index (Phi) is 7.03. The molecule has 0 spiro atoms. The third-order valence-electron chi connectivity index (χ3n) is 5.58. The number of nitrogens with zero attached hydrogens (tertiary/aromatic N) is 2.